The Balaban J connectivity index is 2.27. The van der Waals surface area contributed by atoms with E-state index in [1.54, 1.807) is 0 Å². The summed E-state index contributed by atoms with van der Waals surface area (Å²) in [4.78, 5) is 0. The lowest BCUT2D eigenvalue weighted by molar-refractivity contribution is 0.298. The van der Waals surface area contributed by atoms with E-state index in [1.807, 2.05) is 24.3 Å². The minimum absolute atomic E-state index is 0.153. The minimum atomic E-state index is 0.153. The molecule has 0 unspecified atom stereocenters. The molecule has 0 atom stereocenters. The van der Waals surface area contributed by atoms with Gasteiger partial charge in [0, 0.05) is 13.0 Å². The smallest absolute Gasteiger partial charge is 0.139 e. The van der Waals surface area contributed by atoms with Crippen molar-refractivity contribution in [3.8, 4) is 5.75 Å². The molecule has 0 aliphatic rings. The number of oxime groups is 1. The van der Waals surface area contributed by atoms with Gasteiger partial charge in [-0.25, -0.2) is 0 Å². The van der Waals surface area contributed by atoms with Crippen LogP contribution in [0.15, 0.2) is 29.4 Å². The van der Waals surface area contributed by atoms with E-state index in [4.69, 9.17) is 20.8 Å². The van der Waals surface area contributed by atoms with Crippen LogP contribution in [0.4, 0.5) is 0 Å². The molecular weight excluding hydrogens is 220 g/mol. The van der Waals surface area contributed by atoms with Crippen LogP contribution in [-0.4, -0.2) is 29.4 Å². The van der Waals surface area contributed by atoms with Crippen LogP contribution in [-0.2, 0) is 6.42 Å². The van der Waals surface area contributed by atoms with Crippen LogP contribution in [0.3, 0.4) is 0 Å². The predicted octanol–water partition coefficient (Wildman–Crippen LogP) is 1.13. The Morgan fingerprint density at radius 1 is 1.29 bits per heavy atom. The predicted molar refractivity (Wildman–Crippen MR) is 65.4 cm³/mol. The van der Waals surface area contributed by atoms with Crippen LogP contribution in [0.25, 0.3) is 0 Å². The summed E-state index contributed by atoms with van der Waals surface area (Å²) in [5.74, 6) is 0.998. The molecular formula is C12H18N2O3. The van der Waals surface area contributed by atoms with Gasteiger partial charge < -0.3 is 20.8 Å². The van der Waals surface area contributed by atoms with Gasteiger partial charge >= 0.3 is 0 Å². The largest absolute Gasteiger partial charge is 0.494 e. The highest BCUT2D eigenvalue weighted by Crippen LogP contribution is 2.12. The first-order chi connectivity index (χ1) is 8.26. The van der Waals surface area contributed by atoms with Crippen molar-refractivity contribution in [2.24, 2.45) is 10.9 Å². The maximum absolute atomic E-state index is 8.76. The molecule has 5 heteroatoms. The highest BCUT2D eigenvalue weighted by molar-refractivity contribution is 5.79. The van der Waals surface area contributed by atoms with Crippen molar-refractivity contribution in [3.63, 3.8) is 0 Å². The van der Waals surface area contributed by atoms with Gasteiger partial charge in [0.2, 0.25) is 0 Å². The van der Waals surface area contributed by atoms with Crippen molar-refractivity contribution in [2.75, 3.05) is 13.2 Å². The van der Waals surface area contributed by atoms with Gasteiger partial charge in [0.05, 0.1) is 6.61 Å². The third-order valence-corrected chi connectivity index (χ3v) is 2.30. The molecule has 94 valence electrons. The molecule has 0 fully saturated rings. The molecule has 1 rings (SSSR count). The molecule has 0 spiro atoms. The number of ether oxygens (including phenoxy) is 1. The third kappa shape index (κ3) is 5.21. The molecule has 0 saturated carbocycles. The van der Waals surface area contributed by atoms with Gasteiger partial charge in [0.25, 0.3) is 0 Å². The maximum Gasteiger partial charge on any atom is 0.139 e. The molecule has 0 heterocycles. The molecule has 0 aliphatic carbocycles. The second kappa shape index (κ2) is 7.51. The molecule has 0 aromatic heterocycles. The summed E-state index contributed by atoms with van der Waals surface area (Å²) in [6.07, 6.45) is 1.87. The van der Waals surface area contributed by atoms with E-state index < -0.39 is 0 Å². The normalized spacial score (nSPS) is 11.5. The number of hydrogen-bond acceptors (Lipinski definition) is 4. The van der Waals surface area contributed by atoms with Crippen LogP contribution in [0.1, 0.15) is 18.4 Å². The number of nitrogens with two attached hydrogens (primary N) is 1. The Bertz CT molecular complexity index is 349. The number of rotatable bonds is 7. The number of aliphatic hydroxyl groups is 1. The summed E-state index contributed by atoms with van der Waals surface area (Å²) in [7, 11) is 0. The minimum Gasteiger partial charge on any atom is -0.494 e. The number of nitrogens with zero attached hydrogens (tertiary/aromatic N) is 1. The van der Waals surface area contributed by atoms with Crippen molar-refractivity contribution in [3.05, 3.63) is 29.8 Å². The summed E-state index contributed by atoms with van der Waals surface area (Å²) < 4.78 is 5.48. The van der Waals surface area contributed by atoms with Gasteiger partial charge in [0.1, 0.15) is 11.6 Å². The van der Waals surface area contributed by atoms with E-state index in [1.165, 1.54) is 0 Å². The highest BCUT2D eigenvalue weighted by atomic mass is 16.5. The molecule has 4 N–H and O–H groups in total. The summed E-state index contributed by atoms with van der Waals surface area (Å²) >= 11 is 0. The molecule has 0 radical (unpaired) electrons. The summed E-state index contributed by atoms with van der Waals surface area (Å²) in [5.41, 5.74) is 6.41. The van der Waals surface area contributed by atoms with Gasteiger partial charge in [-0.05, 0) is 30.5 Å². The van der Waals surface area contributed by atoms with E-state index in [0.717, 1.165) is 11.3 Å². The highest BCUT2D eigenvalue weighted by Gasteiger charge is 1.97. The lowest BCUT2D eigenvalue weighted by Gasteiger charge is -2.06. The average molecular weight is 238 g/mol. The molecule has 1 aromatic carbocycles. The van der Waals surface area contributed by atoms with Crippen LogP contribution < -0.4 is 10.5 Å². The van der Waals surface area contributed by atoms with Gasteiger partial charge in [-0.2, -0.15) is 0 Å². The molecule has 1 aromatic rings. The number of benzene rings is 1. The van der Waals surface area contributed by atoms with Crippen LogP contribution in [0, 0.1) is 0 Å². The zero-order valence-corrected chi connectivity index (χ0v) is 9.67. The molecule has 0 amide bonds. The SMILES string of the molecule is N/C(CCCOc1ccc(CCO)cc1)=N/O. The number of hydrogen-bond donors (Lipinski definition) is 3. The second-order valence-electron chi connectivity index (χ2n) is 3.66. The first-order valence-corrected chi connectivity index (χ1v) is 5.55. The number of amidine groups is 1. The Labute approximate surface area is 101 Å². The quantitative estimate of drug-likeness (QED) is 0.218. The fourth-order valence-electron chi connectivity index (χ4n) is 1.37. The van der Waals surface area contributed by atoms with Crippen LogP contribution in [0.2, 0.25) is 0 Å². The zero-order chi connectivity index (χ0) is 12.5. The van der Waals surface area contributed by atoms with Crippen molar-refractivity contribution >= 4 is 5.84 Å². The molecule has 0 aliphatic heterocycles. The van der Waals surface area contributed by atoms with Crippen molar-refractivity contribution in [1.29, 1.82) is 0 Å². The van der Waals surface area contributed by atoms with E-state index in [9.17, 15) is 0 Å². The lowest BCUT2D eigenvalue weighted by atomic mass is 10.1. The third-order valence-electron chi connectivity index (χ3n) is 2.30. The van der Waals surface area contributed by atoms with Gasteiger partial charge in [-0.15, -0.1) is 0 Å². The van der Waals surface area contributed by atoms with E-state index >= 15 is 0 Å². The fourth-order valence-corrected chi connectivity index (χ4v) is 1.37. The summed E-state index contributed by atoms with van der Waals surface area (Å²) in [6, 6.07) is 7.59. The van der Waals surface area contributed by atoms with Gasteiger partial charge in [-0.3, -0.25) is 0 Å². The maximum atomic E-state index is 8.76. The average Bonchev–Trinajstić information content (AvgIpc) is 2.36. The van der Waals surface area contributed by atoms with E-state index in [2.05, 4.69) is 5.16 Å². The Morgan fingerprint density at radius 2 is 2.00 bits per heavy atom. The monoisotopic (exact) mass is 238 g/mol. The zero-order valence-electron chi connectivity index (χ0n) is 9.67. The van der Waals surface area contributed by atoms with E-state index in [-0.39, 0.29) is 12.4 Å². The van der Waals surface area contributed by atoms with Gasteiger partial charge in [-0.1, -0.05) is 17.3 Å². The van der Waals surface area contributed by atoms with Crippen molar-refractivity contribution in [2.45, 2.75) is 19.3 Å². The fraction of sp³-hybridized carbons (Fsp3) is 0.417. The Morgan fingerprint density at radius 3 is 2.59 bits per heavy atom. The van der Waals surface area contributed by atoms with Crippen molar-refractivity contribution < 1.29 is 15.1 Å². The first kappa shape index (κ1) is 13.3. The van der Waals surface area contributed by atoms with Crippen molar-refractivity contribution in [1.82, 2.24) is 0 Å². The standard InChI is InChI=1S/C12H18N2O3/c13-12(14-16)2-1-9-17-11-5-3-10(4-6-11)7-8-15/h3-6,15-16H,1-2,7-9H2,(H2,13,14). The first-order valence-electron chi connectivity index (χ1n) is 5.55. The van der Waals surface area contributed by atoms with Crippen LogP contribution in [0.5, 0.6) is 5.75 Å². The topological polar surface area (TPSA) is 88.1 Å². The summed E-state index contributed by atoms with van der Waals surface area (Å²) in [6.45, 7) is 0.676. The Kier molecular flexibility index (Phi) is 5.88. The molecule has 17 heavy (non-hydrogen) atoms. The second-order valence-corrected chi connectivity index (χ2v) is 3.66. The Hall–Kier alpha value is -1.75. The number of aliphatic hydroxyl groups excluding tert-OH is 1. The van der Waals surface area contributed by atoms with E-state index in [0.29, 0.717) is 25.9 Å². The summed E-state index contributed by atoms with van der Waals surface area (Å²) in [5, 5.41) is 20.0. The molecule has 0 bridgehead atoms. The van der Waals surface area contributed by atoms with Gasteiger partial charge in [0.15, 0.2) is 0 Å². The lowest BCUT2D eigenvalue weighted by Crippen LogP contribution is -2.12. The molecule has 5 nitrogen and oxygen atoms in total. The van der Waals surface area contributed by atoms with Crippen LogP contribution >= 0.6 is 0 Å². The molecule has 0 saturated heterocycles.